The van der Waals surface area contributed by atoms with Gasteiger partial charge in [0.25, 0.3) is 0 Å². The fraction of sp³-hybridized carbons (Fsp3) is 0. The second-order valence-corrected chi connectivity index (χ2v) is 10.2. The van der Waals surface area contributed by atoms with Crippen molar-refractivity contribution in [3.63, 3.8) is 0 Å². The molecule has 0 atom stereocenters. The molecule has 1 heterocycles. The molecule has 1 aromatic heterocycles. The first-order chi connectivity index (χ1) is 22.9. The maximum Gasteiger partial charge on any atom is 0.143 e. The van der Waals surface area contributed by atoms with Crippen LogP contribution in [0.1, 0.15) is 6.85 Å². The van der Waals surface area contributed by atoms with Crippen molar-refractivity contribution in [1.29, 1.82) is 0 Å². The Morgan fingerprint density at radius 2 is 1.21 bits per heavy atom. The second kappa shape index (κ2) is 10.1. The highest BCUT2D eigenvalue weighted by Crippen LogP contribution is 2.45. The highest BCUT2D eigenvalue weighted by Gasteiger charge is 2.20. The van der Waals surface area contributed by atoms with E-state index in [2.05, 4.69) is 24.3 Å². The number of benzene rings is 7. The molecular formula is C40H27NO. The number of anilines is 3. The van der Waals surface area contributed by atoms with Crippen LogP contribution in [0.5, 0.6) is 0 Å². The SMILES string of the molecule is [2H]c1c([2H])c([2H])c(N(c2ccc(-c3ccccc3)cc2)c2ccccc2-c2cccc3oc4c5ccccc5ccc4c23)c([2H])c1[2H]. The molecule has 0 bridgehead atoms. The highest BCUT2D eigenvalue weighted by molar-refractivity contribution is 6.19. The summed E-state index contributed by atoms with van der Waals surface area (Å²) < 4.78 is 49.7. The van der Waals surface area contributed by atoms with Crippen LogP contribution < -0.4 is 4.90 Å². The minimum Gasteiger partial charge on any atom is -0.455 e. The smallest absolute Gasteiger partial charge is 0.143 e. The average molecular weight is 543 g/mol. The van der Waals surface area contributed by atoms with Gasteiger partial charge in [-0.2, -0.15) is 0 Å². The van der Waals surface area contributed by atoms with E-state index in [0.717, 1.165) is 55.0 Å². The van der Waals surface area contributed by atoms with Crippen LogP contribution in [0.3, 0.4) is 0 Å². The molecule has 8 rings (SSSR count). The van der Waals surface area contributed by atoms with E-state index in [4.69, 9.17) is 11.3 Å². The average Bonchev–Trinajstić information content (AvgIpc) is 3.52. The van der Waals surface area contributed by atoms with Gasteiger partial charge in [0.05, 0.1) is 12.5 Å². The summed E-state index contributed by atoms with van der Waals surface area (Å²) in [7, 11) is 0. The molecule has 0 radical (unpaired) electrons. The lowest BCUT2D eigenvalue weighted by molar-refractivity contribution is 0.673. The van der Waals surface area contributed by atoms with Crippen LogP contribution in [0.4, 0.5) is 17.1 Å². The summed E-state index contributed by atoms with van der Waals surface area (Å²) in [5.74, 6) is 0. The maximum absolute atomic E-state index is 8.98. The van der Waals surface area contributed by atoms with Crippen LogP contribution in [0, 0.1) is 0 Å². The van der Waals surface area contributed by atoms with E-state index >= 15 is 0 Å². The molecule has 0 unspecified atom stereocenters. The summed E-state index contributed by atoms with van der Waals surface area (Å²) in [6.07, 6.45) is 0. The van der Waals surface area contributed by atoms with Crippen molar-refractivity contribution in [2.75, 3.05) is 4.90 Å². The first-order valence-electron chi connectivity index (χ1n) is 16.4. The molecule has 0 fully saturated rings. The van der Waals surface area contributed by atoms with Gasteiger partial charge in [0.2, 0.25) is 0 Å². The van der Waals surface area contributed by atoms with Gasteiger partial charge in [0.1, 0.15) is 11.2 Å². The summed E-state index contributed by atoms with van der Waals surface area (Å²) in [5.41, 5.74) is 6.74. The number of hydrogen-bond donors (Lipinski definition) is 0. The zero-order valence-corrected chi connectivity index (χ0v) is 22.6. The van der Waals surface area contributed by atoms with E-state index in [1.807, 2.05) is 109 Å². The first kappa shape index (κ1) is 19.5. The van der Waals surface area contributed by atoms with E-state index in [9.17, 15) is 0 Å². The van der Waals surface area contributed by atoms with Gasteiger partial charge >= 0.3 is 0 Å². The Morgan fingerprint density at radius 1 is 0.500 bits per heavy atom. The van der Waals surface area contributed by atoms with Gasteiger partial charge in [-0.15, -0.1) is 0 Å². The highest BCUT2D eigenvalue weighted by atomic mass is 16.3. The molecule has 7 aromatic carbocycles. The number of nitrogens with zero attached hydrogens (tertiary/aromatic N) is 1. The number of fused-ring (bicyclic) bond motifs is 5. The Morgan fingerprint density at radius 3 is 2.07 bits per heavy atom. The van der Waals surface area contributed by atoms with Gasteiger partial charge in [-0.1, -0.05) is 121 Å². The molecule has 2 heteroatoms. The molecule has 0 saturated heterocycles. The van der Waals surface area contributed by atoms with Crippen LogP contribution >= 0.6 is 0 Å². The Kier molecular flexibility index (Phi) is 4.68. The summed E-state index contributed by atoms with van der Waals surface area (Å²) >= 11 is 0. The second-order valence-electron chi connectivity index (χ2n) is 10.2. The molecule has 0 amide bonds. The fourth-order valence-corrected chi connectivity index (χ4v) is 5.85. The lowest BCUT2D eigenvalue weighted by atomic mass is 9.96. The number of rotatable bonds is 5. The summed E-state index contributed by atoms with van der Waals surface area (Å²) in [5, 5.41) is 4.04. The molecule has 0 aliphatic carbocycles. The molecule has 2 nitrogen and oxygen atoms in total. The van der Waals surface area contributed by atoms with Crippen LogP contribution in [0.25, 0.3) is 55.0 Å². The Hall–Kier alpha value is -5.60. The maximum atomic E-state index is 8.98. The van der Waals surface area contributed by atoms with Crippen LogP contribution in [0.15, 0.2) is 168 Å². The normalized spacial score (nSPS) is 13.0. The predicted octanol–water partition coefficient (Wildman–Crippen LogP) is 11.5. The van der Waals surface area contributed by atoms with Crippen molar-refractivity contribution in [2.45, 2.75) is 0 Å². The Bertz CT molecular complexity index is 2440. The van der Waals surface area contributed by atoms with E-state index in [1.54, 1.807) is 4.90 Å². The molecule has 198 valence electrons. The van der Waals surface area contributed by atoms with E-state index in [-0.39, 0.29) is 29.9 Å². The van der Waals surface area contributed by atoms with Crippen molar-refractivity contribution in [2.24, 2.45) is 0 Å². The van der Waals surface area contributed by atoms with Gasteiger partial charge in [-0.05, 0) is 64.5 Å². The van der Waals surface area contributed by atoms with Crippen LogP contribution in [0.2, 0.25) is 0 Å². The van der Waals surface area contributed by atoms with Gasteiger partial charge < -0.3 is 9.32 Å². The number of hydrogen-bond acceptors (Lipinski definition) is 2. The molecule has 0 saturated carbocycles. The Labute approximate surface area is 251 Å². The molecule has 8 aromatic rings. The van der Waals surface area contributed by atoms with Crippen LogP contribution in [-0.2, 0) is 0 Å². The molecule has 42 heavy (non-hydrogen) atoms. The van der Waals surface area contributed by atoms with Crippen LogP contribution in [-0.4, -0.2) is 0 Å². The van der Waals surface area contributed by atoms with E-state index in [0.29, 0.717) is 11.4 Å². The van der Waals surface area contributed by atoms with Crippen molar-refractivity contribution >= 4 is 49.8 Å². The first-order valence-corrected chi connectivity index (χ1v) is 13.9. The van der Waals surface area contributed by atoms with Crippen molar-refractivity contribution in [3.05, 3.63) is 164 Å². The zero-order valence-electron chi connectivity index (χ0n) is 27.6. The van der Waals surface area contributed by atoms with Crippen molar-refractivity contribution in [3.8, 4) is 22.3 Å². The zero-order chi connectivity index (χ0) is 32.2. The topological polar surface area (TPSA) is 16.4 Å². The summed E-state index contributed by atoms with van der Waals surface area (Å²) in [4.78, 5) is 1.78. The van der Waals surface area contributed by atoms with E-state index < -0.39 is 6.04 Å². The van der Waals surface area contributed by atoms with Crippen molar-refractivity contribution in [1.82, 2.24) is 0 Å². The number of furan rings is 1. The van der Waals surface area contributed by atoms with Gasteiger partial charge in [0, 0.05) is 33.1 Å². The minimum atomic E-state index is -0.432. The predicted molar refractivity (Wildman–Crippen MR) is 177 cm³/mol. The molecule has 0 aliphatic rings. The summed E-state index contributed by atoms with van der Waals surface area (Å²) in [6, 6.07) is 42.2. The standard InChI is InChI=1S/C40H27NO/c1-3-12-28(13-4-1)29-22-25-32(26-23-29)41(31-15-5-2-6-16-31)37-20-10-9-18-34(37)35-19-11-21-38-39(35)36-27-24-30-14-7-8-17-33(30)40(36)42-38/h1-27H/i2D,5D,6D,15D,16D. The molecule has 0 N–H and O–H groups in total. The fourth-order valence-electron chi connectivity index (χ4n) is 5.85. The van der Waals surface area contributed by atoms with E-state index in [1.165, 1.54) is 0 Å². The quantitative estimate of drug-likeness (QED) is 0.215. The summed E-state index contributed by atoms with van der Waals surface area (Å²) in [6.45, 7) is 0. The minimum absolute atomic E-state index is 0.0751. The third kappa shape index (κ3) is 4.05. The lowest BCUT2D eigenvalue weighted by Crippen LogP contribution is -2.11. The lowest BCUT2D eigenvalue weighted by Gasteiger charge is -2.28. The third-order valence-corrected chi connectivity index (χ3v) is 7.77. The van der Waals surface area contributed by atoms with Gasteiger partial charge in [-0.3, -0.25) is 0 Å². The Balaban J connectivity index is 1.40. The van der Waals surface area contributed by atoms with Crippen molar-refractivity contribution < 1.29 is 11.3 Å². The van der Waals surface area contributed by atoms with Gasteiger partial charge in [-0.25, -0.2) is 0 Å². The molecule has 0 spiro atoms. The third-order valence-electron chi connectivity index (χ3n) is 7.77. The number of para-hydroxylation sites is 2. The largest absolute Gasteiger partial charge is 0.455 e. The van der Waals surface area contributed by atoms with Gasteiger partial charge in [0.15, 0.2) is 0 Å². The molecular weight excluding hydrogens is 510 g/mol. The monoisotopic (exact) mass is 542 g/mol. The molecule has 0 aliphatic heterocycles.